The summed E-state index contributed by atoms with van der Waals surface area (Å²) in [5, 5.41) is 17.3. The molecule has 1 saturated heterocycles. The van der Waals surface area contributed by atoms with Gasteiger partial charge in [0.1, 0.15) is 0 Å². The molecule has 1 aliphatic rings. The summed E-state index contributed by atoms with van der Waals surface area (Å²) < 4.78 is 0. The molecule has 0 radical (unpaired) electrons. The lowest BCUT2D eigenvalue weighted by atomic mass is 10.1. The van der Waals surface area contributed by atoms with Crippen molar-refractivity contribution < 1.29 is 15.0 Å². The molecule has 0 saturated carbocycles. The Hall–Kier alpha value is -0.770. The minimum atomic E-state index is -0.860. The molecule has 11 heavy (non-hydrogen) atoms. The summed E-state index contributed by atoms with van der Waals surface area (Å²) in [6, 6.07) is 0.0532. The van der Waals surface area contributed by atoms with Gasteiger partial charge in [-0.2, -0.15) is 0 Å². The highest BCUT2D eigenvalue weighted by atomic mass is 16.4. The molecule has 1 aliphatic heterocycles. The molecule has 0 unspecified atom stereocenters. The van der Waals surface area contributed by atoms with E-state index in [0.717, 1.165) is 12.8 Å². The van der Waals surface area contributed by atoms with Crippen LogP contribution in [-0.4, -0.2) is 40.4 Å². The second kappa shape index (κ2) is 3.57. The second-order valence-electron chi connectivity index (χ2n) is 2.78. The molecule has 0 aliphatic carbocycles. The Labute approximate surface area is 65.4 Å². The van der Waals surface area contributed by atoms with Gasteiger partial charge in [-0.15, -0.1) is 0 Å². The van der Waals surface area contributed by atoms with Crippen molar-refractivity contribution in [2.75, 3.05) is 13.2 Å². The van der Waals surface area contributed by atoms with E-state index in [1.54, 1.807) is 0 Å². The number of hydrogen-bond donors (Lipinski definition) is 2. The first-order valence-corrected chi connectivity index (χ1v) is 3.86. The van der Waals surface area contributed by atoms with Gasteiger partial charge in [0.2, 0.25) is 0 Å². The SMILES string of the molecule is O=C(O)N1CCC[C@@H]1CCO. The summed E-state index contributed by atoms with van der Waals surface area (Å²) in [7, 11) is 0. The lowest BCUT2D eigenvalue weighted by molar-refractivity contribution is 0.132. The minimum absolute atomic E-state index is 0.0532. The third-order valence-electron chi connectivity index (χ3n) is 2.09. The molecule has 1 fully saturated rings. The Balaban J connectivity index is 2.44. The van der Waals surface area contributed by atoms with Crippen molar-refractivity contribution in [2.24, 2.45) is 0 Å². The van der Waals surface area contributed by atoms with Crippen LogP contribution in [0.1, 0.15) is 19.3 Å². The second-order valence-corrected chi connectivity index (χ2v) is 2.78. The van der Waals surface area contributed by atoms with Crippen LogP contribution in [0.15, 0.2) is 0 Å². The highest BCUT2D eigenvalue weighted by molar-refractivity contribution is 5.65. The first-order valence-electron chi connectivity index (χ1n) is 3.86. The largest absolute Gasteiger partial charge is 0.465 e. The topological polar surface area (TPSA) is 60.8 Å². The van der Waals surface area contributed by atoms with Gasteiger partial charge in [0.15, 0.2) is 0 Å². The lowest BCUT2D eigenvalue weighted by Gasteiger charge is -2.19. The molecule has 0 aromatic rings. The van der Waals surface area contributed by atoms with Crippen molar-refractivity contribution in [1.82, 2.24) is 4.90 Å². The number of aliphatic hydroxyl groups excluding tert-OH is 1. The summed E-state index contributed by atoms with van der Waals surface area (Å²) >= 11 is 0. The van der Waals surface area contributed by atoms with Crippen molar-refractivity contribution in [1.29, 1.82) is 0 Å². The van der Waals surface area contributed by atoms with E-state index in [-0.39, 0.29) is 12.6 Å². The van der Waals surface area contributed by atoms with Crippen LogP contribution in [0.25, 0.3) is 0 Å². The molecule has 0 bridgehead atoms. The van der Waals surface area contributed by atoms with Crippen molar-refractivity contribution >= 4 is 6.09 Å². The van der Waals surface area contributed by atoms with Crippen LogP contribution in [0.5, 0.6) is 0 Å². The van der Waals surface area contributed by atoms with Gasteiger partial charge in [0, 0.05) is 19.2 Å². The van der Waals surface area contributed by atoms with Gasteiger partial charge in [0.25, 0.3) is 0 Å². The van der Waals surface area contributed by atoms with Gasteiger partial charge in [-0.25, -0.2) is 4.79 Å². The fourth-order valence-corrected chi connectivity index (χ4v) is 1.54. The van der Waals surface area contributed by atoms with Crippen LogP contribution in [0.4, 0.5) is 4.79 Å². The maximum Gasteiger partial charge on any atom is 0.407 e. The van der Waals surface area contributed by atoms with Crippen LogP contribution in [0.2, 0.25) is 0 Å². The van der Waals surface area contributed by atoms with Crippen molar-refractivity contribution in [3.8, 4) is 0 Å². The van der Waals surface area contributed by atoms with Crippen LogP contribution in [0, 0.1) is 0 Å². The standard InChI is InChI=1S/C7H13NO3/c9-5-3-6-2-1-4-8(6)7(10)11/h6,9H,1-5H2,(H,10,11)/t6-/m1/s1. The van der Waals surface area contributed by atoms with Gasteiger partial charge in [0.05, 0.1) is 0 Å². The molecular formula is C7H13NO3. The highest BCUT2D eigenvalue weighted by Gasteiger charge is 2.27. The fraction of sp³-hybridized carbons (Fsp3) is 0.857. The van der Waals surface area contributed by atoms with E-state index >= 15 is 0 Å². The number of amides is 1. The van der Waals surface area contributed by atoms with E-state index in [1.165, 1.54) is 4.90 Å². The van der Waals surface area contributed by atoms with Crippen LogP contribution >= 0.6 is 0 Å². The zero-order valence-corrected chi connectivity index (χ0v) is 6.36. The number of carboxylic acid groups (broad SMARTS) is 1. The summed E-state index contributed by atoms with van der Waals surface area (Å²) in [5.41, 5.74) is 0. The molecule has 2 N–H and O–H groups in total. The predicted molar refractivity (Wildman–Crippen MR) is 39.5 cm³/mol. The van der Waals surface area contributed by atoms with Crippen molar-refractivity contribution in [3.63, 3.8) is 0 Å². The number of aliphatic hydroxyl groups is 1. The summed E-state index contributed by atoms with van der Waals surface area (Å²) in [5.74, 6) is 0. The van der Waals surface area contributed by atoms with E-state index in [2.05, 4.69) is 0 Å². The van der Waals surface area contributed by atoms with Crippen LogP contribution < -0.4 is 0 Å². The zero-order valence-electron chi connectivity index (χ0n) is 6.36. The monoisotopic (exact) mass is 159 g/mol. The molecule has 1 heterocycles. The van der Waals surface area contributed by atoms with Gasteiger partial charge in [-0.3, -0.25) is 0 Å². The molecule has 0 aromatic carbocycles. The number of likely N-dealkylation sites (tertiary alicyclic amines) is 1. The first-order chi connectivity index (χ1) is 5.25. The Morgan fingerprint density at radius 1 is 1.64 bits per heavy atom. The third-order valence-corrected chi connectivity index (χ3v) is 2.09. The minimum Gasteiger partial charge on any atom is -0.465 e. The average molecular weight is 159 g/mol. The Morgan fingerprint density at radius 2 is 2.36 bits per heavy atom. The Bertz CT molecular complexity index is 149. The van der Waals surface area contributed by atoms with Gasteiger partial charge < -0.3 is 15.1 Å². The molecule has 1 amide bonds. The zero-order chi connectivity index (χ0) is 8.27. The Kier molecular flexibility index (Phi) is 2.70. The summed E-state index contributed by atoms with van der Waals surface area (Å²) in [6.45, 7) is 0.703. The lowest BCUT2D eigenvalue weighted by Crippen LogP contribution is -2.34. The van der Waals surface area contributed by atoms with Crippen molar-refractivity contribution in [2.45, 2.75) is 25.3 Å². The first kappa shape index (κ1) is 8.33. The van der Waals surface area contributed by atoms with Crippen LogP contribution in [0.3, 0.4) is 0 Å². The molecule has 0 spiro atoms. The highest BCUT2D eigenvalue weighted by Crippen LogP contribution is 2.19. The number of hydrogen-bond acceptors (Lipinski definition) is 2. The molecule has 0 aromatic heterocycles. The van der Waals surface area contributed by atoms with Gasteiger partial charge >= 0.3 is 6.09 Å². The third kappa shape index (κ3) is 1.83. The molecule has 1 atom stereocenters. The molecular weight excluding hydrogens is 146 g/mol. The Morgan fingerprint density at radius 3 is 2.91 bits per heavy atom. The molecule has 1 rings (SSSR count). The fourth-order valence-electron chi connectivity index (χ4n) is 1.54. The summed E-state index contributed by atoms with van der Waals surface area (Å²) in [6.07, 6.45) is 1.54. The van der Waals surface area contributed by atoms with E-state index < -0.39 is 6.09 Å². The number of carbonyl (C=O) groups is 1. The smallest absolute Gasteiger partial charge is 0.407 e. The van der Waals surface area contributed by atoms with Crippen molar-refractivity contribution in [3.05, 3.63) is 0 Å². The van der Waals surface area contributed by atoms with Crippen LogP contribution in [-0.2, 0) is 0 Å². The summed E-state index contributed by atoms with van der Waals surface area (Å²) in [4.78, 5) is 11.9. The average Bonchev–Trinajstić information content (AvgIpc) is 2.36. The number of rotatable bonds is 2. The van der Waals surface area contributed by atoms with E-state index in [9.17, 15) is 4.79 Å². The molecule has 64 valence electrons. The maximum absolute atomic E-state index is 10.5. The van der Waals surface area contributed by atoms with Gasteiger partial charge in [-0.05, 0) is 19.3 Å². The quantitative estimate of drug-likeness (QED) is 0.617. The molecule has 4 heteroatoms. The maximum atomic E-state index is 10.5. The predicted octanol–water partition coefficient (Wildman–Crippen LogP) is 0.511. The van der Waals surface area contributed by atoms with E-state index in [0.29, 0.717) is 13.0 Å². The molecule has 4 nitrogen and oxygen atoms in total. The van der Waals surface area contributed by atoms with E-state index in [1.807, 2.05) is 0 Å². The van der Waals surface area contributed by atoms with Gasteiger partial charge in [-0.1, -0.05) is 0 Å². The number of nitrogens with zero attached hydrogens (tertiary/aromatic N) is 1. The van der Waals surface area contributed by atoms with E-state index in [4.69, 9.17) is 10.2 Å². The normalized spacial score (nSPS) is 24.1.